The molecule has 3 nitrogen and oxygen atoms in total. The van der Waals surface area contributed by atoms with Crippen LogP contribution in [0.25, 0.3) is 0 Å². The van der Waals surface area contributed by atoms with Gasteiger partial charge < -0.3 is 4.74 Å². The fraction of sp³-hybridized carbons (Fsp3) is 0.758. The summed E-state index contributed by atoms with van der Waals surface area (Å²) in [6, 6.07) is 0. The molecule has 0 aliphatic heterocycles. The van der Waals surface area contributed by atoms with Gasteiger partial charge in [0.1, 0.15) is 0 Å². The van der Waals surface area contributed by atoms with E-state index in [0.29, 0.717) is 12.8 Å². The number of allylic oxidation sites excluding steroid dienone is 6. The van der Waals surface area contributed by atoms with Crippen molar-refractivity contribution in [3.05, 3.63) is 36.5 Å². The van der Waals surface area contributed by atoms with E-state index in [1.54, 1.807) is 0 Å². The molecule has 0 saturated heterocycles. The lowest BCUT2D eigenvalue weighted by Gasteiger charge is -2.07. The molecule has 0 aromatic rings. The fourth-order valence-electron chi connectivity index (χ4n) is 4.14. The Morgan fingerprint density at radius 3 is 1.56 bits per heavy atom. The molecule has 0 heterocycles. The minimum Gasteiger partial charge on any atom is -0.393 e. The number of ether oxygens (including phenoxy) is 1. The van der Waals surface area contributed by atoms with Gasteiger partial charge in [-0.05, 0) is 50.9 Å². The monoisotopic (exact) mass is 502 g/mol. The Bertz CT molecular complexity index is 588. The molecule has 0 radical (unpaired) electrons. The van der Waals surface area contributed by atoms with Crippen LogP contribution in [0, 0.1) is 5.92 Å². The van der Waals surface area contributed by atoms with Gasteiger partial charge in [-0.1, -0.05) is 134 Å². The Balaban J connectivity index is 3.42. The summed E-state index contributed by atoms with van der Waals surface area (Å²) in [4.78, 5) is 23.7. The smallest absolute Gasteiger partial charge is 0.313 e. The molecule has 0 aliphatic carbocycles. The predicted molar refractivity (Wildman–Crippen MR) is 156 cm³/mol. The van der Waals surface area contributed by atoms with E-state index >= 15 is 0 Å². The van der Waals surface area contributed by atoms with Crippen LogP contribution < -0.4 is 0 Å². The lowest BCUT2D eigenvalue weighted by Crippen LogP contribution is -2.11. The lowest BCUT2D eigenvalue weighted by atomic mass is 9.99. The van der Waals surface area contributed by atoms with Crippen LogP contribution in [0.15, 0.2) is 36.5 Å². The zero-order valence-corrected chi connectivity index (χ0v) is 24.1. The number of carbonyl (C=O) groups excluding carboxylic acids is 2. The summed E-state index contributed by atoms with van der Waals surface area (Å²) in [5, 5.41) is 0. The standard InChI is InChI=1S/C33H58O3/c1-4-6-7-8-9-10-11-12-13-14-15-16-20-23-26-29-32(34)36-33(35)30-27-24-21-18-17-19-22-25-28-31(3)5-2/h6-7,9-10,12-13,31H,4-5,8,11,14-30H2,1-3H3/b7-6-,10-9-,13-12-. The summed E-state index contributed by atoms with van der Waals surface area (Å²) in [6.45, 7) is 6.77. The highest BCUT2D eigenvalue weighted by Gasteiger charge is 2.09. The van der Waals surface area contributed by atoms with Crippen LogP contribution in [0.2, 0.25) is 0 Å². The zero-order chi connectivity index (χ0) is 26.5. The Labute approximate surface area is 224 Å². The van der Waals surface area contributed by atoms with Crippen molar-refractivity contribution in [3.8, 4) is 0 Å². The quantitative estimate of drug-likeness (QED) is 0.0539. The highest BCUT2D eigenvalue weighted by molar-refractivity contribution is 5.85. The van der Waals surface area contributed by atoms with Crippen molar-refractivity contribution >= 4 is 11.9 Å². The van der Waals surface area contributed by atoms with Crippen molar-refractivity contribution in [2.45, 2.75) is 156 Å². The van der Waals surface area contributed by atoms with Crippen molar-refractivity contribution in [2.24, 2.45) is 5.92 Å². The number of hydrogen-bond acceptors (Lipinski definition) is 3. The van der Waals surface area contributed by atoms with Gasteiger partial charge in [0.25, 0.3) is 0 Å². The van der Waals surface area contributed by atoms with Crippen molar-refractivity contribution in [1.82, 2.24) is 0 Å². The molecule has 0 bridgehead atoms. The first-order valence-electron chi connectivity index (χ1n) is 15.3. The van der Waals surface area contributed by atoms with Gasteiger partial charge in [0.15, 0.2) is 0 Å². The minimum absolute atomic E-state index is 0.343. The normalized spacial score (nSPS) is 12.8. The SMILES string of the molecule is CC/C=C\C/C=C\C/C=C\CCCCCCCC(=O)OC(=O)CCCCCCCCCCC(C)CC. The highest BCUT2D eigenvalue weighted by atomic mass is 16.6. The number of rotatable bonds is 25. The molecule has 0 spiro atoms. The van der Waals surface area contributed by atoms with Crippen LogP contribution in [-0.2, 0) is 14.3 Å². The van der Waals surface area contributed by atoms with Crippen molar-refractivity contribution in [2.75, 3.05) is 0 Å². The second-order valence-electron chi connectivity index (χ2n) is 10.3. The molecular formula is C33H58O3. The Kier molecular flexibility index (Phi) is 26.7. The summed E-state index contributed by atoms with van der Waals surface area (Å²) >= 11 is 0. The van der Waals surface area contributed by atoms with Gasteiger partial charge in [0, 0.05) is 12.8 Å². The largest absolute Gasteiger partial charge is 0.393 e. The highest BCUT2D eigenvalue weighted by Crippen LogP contribution is 2.15. The maximum Gasteiger partial charge on any atom is 0.313 e. The third kappa shape index (κ3) is 27.0. The Hall–Kier alpha value is -1.64. The summed E-state index contributed by atoms with van der Waals surface area (Å²) in [7, 11) is 0. The van der Waals surface area contributed by atoms with Gasteiger partial charge in [-0.25, -0.2) is 0 Å². The van der Waals surface area contributed by atoms with E-state index in [2.05, 4.69) is 57.2 Å². The Morgan fingerprint density at radius 1 is 0.583 bits per heavy atom. The van der Waals surface area contributed by atoms with E-state index in [1.807, 2.05) is 0 Å². The average Bonchev–Trinajstić information content (AvgIpc) is 2.87. The molecule has 0 amide bonds. The molecule has 3 heteroatoms. The summed E-state index contributed by atoms with van der Waals surface area (Å²) in [5.41, 5.74) is 0. The van der Waals surface area contributed by atoms with E-state index in [9.17, 15) is 9.59 Å². The molecule has 0 aromatic carbocycles. The maximum atomic E-state index is 11.8. The van der Waals surface area contributed by atoms with Crippen LogP contribution in [0.4, 0.5) is 0 Å². The molecule has 0 saturated carbocycles. The molecule has 0 rings (SSSR count). The number of hydrogen-bond donors (Lipinski definition) is 0. The predicted octanol–water partition coefficient (Wildman–Crippen LogP) is 10.6. The zero-order valence-electron chi connectivity index (χ0n) is 24.1. The van der Waals surface area contributed by atoms with Gasteiger partial charge in [0.2, 0.25) is 0 Å². The lowest BCUT2D eigenvalue weighted by molar-refractivity contribution is -0.159. The molecule has 0 aromatic heterocycles. The van der Waals surface area contributed by atoms with Gasteiger partial charge in [0.05, 0.1) is 0 Å². The minimum atomic E-state index is -0.349. The van der Waals surface area contributed by atoms with Gasteiger partial charge in [-0.15, -0.1) is 0 Å². The van der Waals surface area contributed by atoms with Crippen LogP contribution in [0.5, 0.6) is 0 Å². The Morgan fingerprint density at radius 2 is 1.03 bits per heavy atom. The molecule has 0 aliphatic rings. The van der Waals surface area contributed by atoms with E-state index in [1.165, 1.54) is 64.2 Å². The van der Waals surface area contributed by atoms with Crippen molar-refractivity contribution < 1.29 is 14.3 Å². The van der Waals surface area contributed by atoms with Gasteiger partial charge in [-0.2, -0.15) is 0 Å². The van der Waals surface area contributed by atoms with E-state index < -0.39 is 0 Å². The van der Waals surface area contributed by atoms with E-state index in [0.717, 1.165) is 63.7 Å². The summed E-state index contributed by atoms with van der Waals surface area (Å²) in [6.07, 6.45) is 36.1. The second kappa shape index (κ2) is 27.9. The molecular weight excluding hydrogens is 444 g/mol. The number of esters is 2. The van der Waals surface area contributed by atoms with Crippen LogP contribution in [0.3, 0.4) is 0 Å². The molecule has 1 atom stereocenters. The van der Waals surface area contributed by atoms with E-state index in [-0.39, 0.29) is 11.9 Å². The second-order valence-corrected chi connectivity index (χ2v) is 10.3. The first-order valence-corrected chi connectivity index (χ1v) is 15.3. The van der Waals surface area contributed by atoms with Gasteiger partial charge >= 0.3 is 11.9 Å². The van der Waals surface area contributed by atoms with Crippen LogP contribution >= 0.6 is 0 Å². The van der Waals surface area contributed by atoms with Crippen molar-refractivity contribution in [1.29, 1.82) is 0 Å². The molecule has 0 N–H and O–H groups in total. The first-order chi connectivity index (χ1) is 17.6. The van der Waals surface area contributed by atoms with Crippen molar-refractivity contribution in [3.63, 3.8) is 0 Å². The third-order valence-corrected chi connectivity index (χ3v) is 6.78. The summed E-state index contributed by atoms with van der Waals surface area (Å²) in [5.74, 6) is 0.179. The summed E-state index contributed by atoms with van der Waals surface area (Å²) < 4.78 is 4.97. The van der Waals surface area contributed by atoms with Crippen LogP contribution in [0.1, 0.15) is 156 Å². The number of carbonyl (C=O) groups is 2. The number of unbranched alkanes of at least 4 members (excludes halogenated alkanes) is 12. The molecule has 0 fully saturated rings. The third-order valence-electron chi connectivity index (χ3n) is 6.78. The average molecular weight is 503 g/mol. The maximum absolute atomic E-state index is 11.8. The molecule has 1 unspecified atom stereocenters. The van der Waals surface area contributed by atoms with E-state index in [4.69, 9.17) is 4.74 Å². The topological polar surface area (TPSA) is 43.4 Å². The molecule has 36 heavy (non-hydrogen) atoms. The van der Waals surface area contributed by atoms with Gasteiger partial charge in [-0.3, -0.25) is 9.59 Å². The molecule has 208 valence electrons. The van der Waals surface area contributed by atoms with Crippen LogP contribution in [-0.4, -0.2) is 11.9 Å². The first kappa shape index (κ1) is 34.4. The fourth-order valence-corrected chi connectivity index (χ4v) is 4.14.